The third-order valence-corrected chi connectivity index (χ3v) is 7.41. The molecular weight excluding hydrogens is 480 g/mol. The molecule has 0 spiro atoms. The van der Waals surface area contributed by atoms with Gasteiger partial charge in [-0.25, -0.2) is 8.42 Å². The maximum atomic E-state index is 13.6. The van der Waals surface area contributed by atoms with Gasteiger partial charge >= 0.3 is 0 Å². The first-order valence-electron chi connectivity index (χ1n) is 11.5. The Bertz CT molecular complexity index is 1270. The Kier molecular flexibility index (Phi) is 8.82. The standard InChI is InChI=1S/C27H32N2O6S/c1-6-35-23-12-14-24(15-13-23)36(31,32)29(22-10-7-19(2)8-11-22)18-27(30)28-20(3)21-9-16-25(33-4)26(17-21)34-5/h7-17,20H,6,18H2,1-5H3,(H,28,30)/t20-/m0/s1. The molecule has 0 aromatic heterocycles. The number of methoxy groups -OCH3 is 2. The summed E-state index contributed by atoms with van der Waals surface area (Å²) >= 11 is 0. The van der Waals surface area contributed by atoms with E-state index in [1.807, 2.05) is 26.8 Å². The number of anilines is 1. The molecule has 9 heteroatoms. The number of hydrogen-bond acceptors (Lipinski definition) is 6. The molecule has 0 fully saturated rings. The van der Waals surface area contributed by atoms with E-state index in [4.69, 9.17) is 14.2 Å². The fourth-order valence-corrected chi connectivity index (χ4v) is 5.07. The zero-order valence-corrected chi connectivity index (χ0v) is 22.0. The summed E-state index contributed by atoms with van der Waals surface area (Å²) < 4.78 is 44.4. The van der Waals surface area contributed by atoms with Crippen molar-refractivity contribution in [2.45, 2.75) is 31.7 Å². The first kappa shape index (κ1) is 26.9. The van der Waals surface area contributed by atoms with Crippen LogP contribution in [0.25, 0.3) is 0 Å². The lowest BCUT2D eigenvalue weighted by Crippen LogP contribution is -2.41. The van der Waals surface area contributed by atoms with E-state index >= 15 is 0 Å². The lowest BCUT2D eigenvalue weighted by molar-refractivity contribution is -0.120. The lowest BCUT2D eigenvalue weighted by atomic mass is 10.1. The Morgan fingerprint density at radius 1 is 0.944 bits per heavy atom. The highest BCUT2D eigenvalue weighted by molar-refractivity contribution is 7.92. The molecule has 0 unspecified atom stereocenters. The molecule has 3 aromatic carbocycles. The van der Waals surface area contributed by atoms with E-state index in [-0.39, 0.29) is 4.90 Å². The minimum absolute atomic E-state index is 0.0623. The summed E-state index contributed by atoms with van der Waals surface area (Å²) in [5.41, 5.74) is 2.16. The van der Waals surface area contributed by atoms with Gasteiger partial charge in [0.2, 0.25) is 5.91 Å². The molecule has 1 atom stereocenters. The molecule has 0 bridgehead atoms. The van der Waals surface area contributed by atoms with Gasteiger partial charge in [0.25, 0.3) is 10.0 Å². The number of nitrogens with zero attached hydrogens (tertiary/aromatic N) is 1. The molecule has 0 aliphatic carbocycles. The normalized spacial score (nSPS) is 11.9. The lowest BCUT2D eigenvalue weighted by Gasteiger charge is -2.25. The Morgan fingerprint density at radius 3 is 2.17 bits per heavy atom. The van der Waals surface area contributed by atoms with Gasteiger partial charge in [0.05, 0.1) is 37.5 Å². The van der Waals surface area contributed by atoms with Gasteiger partial charge in [0.1, 0.15) is 12.3 Å². The number of ether oxygens (including phenoxy) is 3. The summed E-state index contributed by atoms with van der Waals surface area (Å²) in [7, 11) is -0.947. The van der Waals surface area contributed by atoms with Crippen LogP contribution in [-0.2, 0) is 14.8 Å². The quantitative estimate of drug-likeness (QED) is 0.407. The molecule has 0 saturated carbocycles. The van der Waals surface area contributed by atoms with E-state index in [2.05, 4.69) is 5.32 Å². The molecule has 3 rings (SSSR count). The summed E-state index contributed by atoms with van der Waals surface area (Å²) in [6.07, 6.45) is 0. The number of sulfonamides is 1. The van der Waals surface area contributed by atoms with Crippen LogP contribution in [0.4, 0.5) is 5.69 Å². The average molecular weight is 513 g/mol. The number of benzene rings is 3. The molecule has 192 valence electrons. The van der Waals surface area contributed by atoms with Crippen LogP contribution in [0.15, 0.2) is 71.6 Å². The number of aryl methyl sites for hydroxylation is 1. The molecule has 1 amide bonds. The number of carbonyl (C=O) groups excluding carboxylic acids is 1. The van der Waals surface area contributed by atoms with E-state index in [9.17, 15) is 13.2 Å². The smallest absolute Gasteiger partial charge is 0.264 e. The summed E-state index contributed by atoms with van der Waals surface area (Å²) in [6, 6.07) is 18.1. The molecule has 8 nitrogen and oxygen atoms in total. The van der Waals surface area contributed by atoms with Crippen molar-refractivity contribution < 1.29 is 27.4 Å². The summed E-state index contributed by atoms with van der Waals surface area (Å²) in [5, 5.41) is 2.88. The number of nitrogens with one attached hydrogen (secondary N) is 1. The van der Waals surface area contributed by atoms with Crippen LogP contribution >= 0.6 is 0 Å². The van der Waals surface area contributed by atoms with Gasteiger partial charge in [-0.1, -0.05) is 23.8 Å². The van der Waals surface area contributed by atoms with Crippen LogP contribution in [-0.4, -0.2) is 41.7 Å². The number of rotatable bonds is 11. The van der Waals surface area contributed by atoms with Gasteiger partial charge in [-0.3, -0.25) is 9.10 Å². The van der Waals surface area contributed by atoms with Crippen LogP contribution in [0.5, 0.6) is 17.2 Å². The summed E-state index contributed by atoms with van der Waals surface area (Å²) in [6.45, 7) is 5.66. The van der Waals surface area contributed by atoms with Crippen LogP contribution in [0.1, 0.15) is 31.0 Å². The van der Waals surface area contributed by atoms with Crippen LogP contribution in [0.2, 0.25) is 0 Å². The van der Waals surface area contributed by atoms with Gasteiger partial charge in [0.15, 0.2) is 11.5 Å². The third-order valence-electron chi connectivity index (χ3n) is 5.62. The van der Waals surface area contributed by atoms with Crippen molar-refractivity contribution in [3.8, 4) is 17.2 Å². The van der Waals surface area contributed by atoms with Crippen molar-refractivity contribution >= 4 is 21.6 Å². The first-order chi connectivity index (χ1) is 17.2. The Labute approximate surface area is 212 Å². The molecule has 3 aromatic rings. The van der Waals surface area contributed by atoms with Gasteiger partial charge in [-0.2, -0.15) is 0 Å². The van der Waals surface area contributed by atoms with Crippen molar-refractivity contribution in [1.82, 2.24) is 5.32 Å². The molecule has 1 N–H and O–H groups in total. The zero-order valence-electron chi connectivity index (χ0n) is 21.1. The summed E-state index contributed by atoms with van der Waals surface area (Å²) in [5.74, 6) is 1.23. The predicted octanol–water partition coefficient (Wildman–Crippen LogP) is 4.48. The van der Waals surface area contributed by atoms with Gasteiger partial charge in [0, 0.05) is 0 Å². The largest absolute Gasteiger partial charge is 0.494 e. The van der Waals surface area contributed by atoms with Crippen molar-refractivity contribution in [3.05, 3.63) is 77.9 Å². The second-order valence-electron chi connectivity index (χ2n) is 8.16. The monoisotopic (exact) mass is 512 g/mol. The van der Waals surface area contributed by atoms with E-state index in [1.54, 1.807) is 55.6 Å². The Morgan fingerprint density at radius 2 is 1.58 bits per heavy atom. The topological polar surface area (TPSA) is 94.2 Å². The third kappa shape index (κ3) is 6.28. The fourth-order valence-electron chi connectivity index (χ4n) is 3.65. The minimum Gasteiger partial charge on any atom is -0.494 e. The number of carbonyl (C=O) groups is 1. The van der Waals surface area contributed by atoms with Crippen LogP contribution in [0.3, 0.4) is 0 Å². The molecular formula is C27H32N2O6S. The SMILES string of the molecule is CCOc1ccc(S(=O)(=O)N(CC(=O)N[C@@H](C)c2ccc(OC)c(OC)c2)c2ccc(C)cc2)cc1. The van der Waals surface area contributed by atoms with E-state index in [0.29, 0.717) is 29.5 Å². The maximum absolute atomic E-state index is 13.6. The molecule has 0 aliphatic heterocycles. The Balaban J connectivity index is 1.86. The van der Waals surface area contributed by atoms with Crippen LogP contribution in [0, 0.1) is 6.92 Å². The van der Waals surface area contributed by atoms with Gasteiger partial charge < -0.3 is 19.5 Å². The summed E-state index contributed by atoms with van der Waals surface area (Å²) in [4.78, 5) is 13.1. The van der Waals surface area contributed by atoms with Crippen molar-refractivity contribution in [1.29, 1.82) is 0 Å². The molecule has 0 aliphatic rings. The highest BCUT2D eigenvalue weighted by atomic mass is 32.2. The van der Waals surface area contributed by atoms with Crippen LogP contribution < -0.4 is 23.8 Å². The number of hydrogen-bond donors (Lipinski definition) is 1. The minimum atomic E-state index is -4.03. The fraction of sp³-hybridized carbons (Fsp3) is 0.296. The average Bonchev–Trinajstić information content (AvgIpc) is 2.88. The number of amides is 1. The van der Waals surface area contributed by atoms with E-state index < -0.39 is 28.5 Å². The molecule has 0 saturated heterocycles. The van der Waals surface area contributed by atoms with Crippen molar-refractivity contribution in [3.63, 3.8) is 0 Å². The molecule has 0 radical (unpaired) electrons. The molecule has 36 heavy (non-hydrogen) atoms. The van der Waals surface area contributed by atoms with Gasteiger partial charge in [-0.05, 0) is 74.9 Å². The maximum Gasteiger partial charge on any atom is 0.264 e. The second kappa shape index (κ2) is 11.8. The highest BCUT2D eigenvalue weighted by Crippen LogP contribution is 2.30. The van der Waals surface area contributed by atoms with Crippen molar-refractivity contribution in [2.75, 3.05) is 31.7 Å². The van der Waals surface area contributed by atoms with Crippen molar-refractivity contribution in [2.24, 2.45) is 0 Å². The first-order valence-corrected chi connectivity index (χ1v) is 13.0. The zero-order chi connectivity index (χ0) is 26.3. The van der Waals surface area contributed by atoms with Gasteiger partial charge in [-0.15, -0.1) is 0 Å². The Hall–Kier alpha value is -3.72. The van der Waals surface area contributed by atoms with E-state index in [0.717, 1.165) is 15.4 Å². The second-order valence-corrected chi connectivity index (χ2v) is 10.0. The van der Waals surface area contributed by atoms with E-state index in [1.165, 1.54) is 19.2 Å². The highest BCUT2D eigenvalue weighted by Gasteiger charge is 2.28. The predicted molar refractivity (Wildman–Crippen MR) is 139 cm³/mol. The molecule has 0 heterocycles.